The first-order chi connectivity index (χ1) is 13.0. The predicted octanol–water partition coefficient (Wildman–Crippen LogP) is 4.88. The summed E-state index contributed by atoms with van der Waals surface area (Å²) < 4.78 is 11.2. The van der Waals surface area contributed by atoms with Crippen molar-refractivity contribution in [3.63, 3.8) is 0 Å². The monoisotopic (exact) mass is 360 g/mol. The van der Waals surface area contributed by atoms with E-state index in [1.54, 1.807) is 20.2 Å². The fourth-order valence-electron chi connectivity index (χ4n) is 3.18. The van der Waals surface area contributed by atoms with Crippen molar-refractivity contribution < 1.29 is 13.9 Å². The molecule has 0 atom stereocenters. The van der Waals surface area contributed by atoms with Gasteiger partial charge in [0.1, 0.15) is 5.75 Å². The zero-order valence-electron chi connectivity index (χ0n) is 15.7. The highest BCUT2D eigenvalue weighted by molar-refractivity contribution is 6.07. The minimum atomic E-state index is -0.253. The van der Waals surface area contributed by atoms with E-state index < -0.39 is 0 Å². The summed E-state index contributed by atoms with van der Waals surface area (Å²) in [6, 6.07) is 15.5. The zero-order chi connectivity index (χ0) is 19.1. The minimum absolute atomic E-state index is 0.246. The first-order valence-corrected chi connectivity index (χ1v) is 8.70. The summed E-state index contributed by atoms with van der Waals surface area (Å²) in [6.45, 7) is 3.99. The molecule has 0 radical (unpaired) electrons. The van der Waals surface area contributed by atoms with Gasteiger partial charge in [-0.3, -0.25) is 4.79 Å². The van der Waals surface area contributed by atoms with Gasteiger partial charge in [0.15, 0.2) is 5.76 Å². The van der Waals surface area contributed by atoms with Gasteiger partial charge in [-0.25, -0.2) is 4.98 Å². The highest BCUT2D eigenvalue weighted by atomic mass is 16.5. The van der Waals surface area contributed by atoms with Gasteiger partial charge < -0.3 is 14.1 Å². The molecule has 0 fully saturated rings. The van der Waals surface area contributed by atoms with Gasteiger partial charge >= 0.3 is 0 Å². The molecule has 0 N–H and O–H groups in total. The Morgan fingerprint density at radius 3 is 2.52 bits per heavy atom. The number of hydrogen-bond acceptors (Lipinski definition) is 4. The van der Waals surface area contributed by atoms with Crippen molar-refractivity contribution in [1.29, 1.82) is 0 Å². The number of aryl methyl sites for hydroxylation is 2. The quantitative estimate of drug-likeness (QED) is 0.522. The SMILES string of the molecule is COc1ccc(C)cc1N(C)C(=O)c1cc2cc3ccc(C)cc3nc2o1. The van der Waals surface area contributed by atoms with Gasteiger partial charge in [0.2, 0.25) is 5.71 Å². The van der Waals surface area contributed by atoms with E-state index >= 15 is 0 Å². The summed E-state index contributed by atoms with van der Waals surface area (Å²) in [6.07, 6.45) is 0. The molecular formula is C22H20N2O3. The molecule has 0 saturated carbocycles. The van der Waals surface area contributed by atoms with Crippen LogP contribution in [0.15, 0.2) is 52.9 Å². The lowest BCUT2D eigenvalue weighted by Gasteiger charge is -2.19. The Kier molecular flexibility index (Phi) is 4.07. The number of aromatic nitrogens is 1. The molecule has 0 aliphatic carbocycles. The third-order valence-electron chi connectivity index (χ3n) is 4.67. The summed E-state index contributed by atoms with van der Waals surface area (Å²) in [7, 11) is 3.30. The fraction of sp³-hybridized carbons (Fsp3) is 0.182. The number of carbonyl (C=O) groups excluding carboxylic acids is 1. The van der Waals surface area contributed by atoms with E-state index in [9.17, 15) is 4.79 Å². The molecular weight excluding hydrogens is 340 g/mol. The summed E-state index contributed by atoms with van der Waals surface area (Å²) in [5, 5.41) is 1.82. The second-order valence-electron chi connectivity index (χ2n) is 6.73. The van der Waals surface area contributed by atoms with Gasteiger partial charge in [-0.2, -0.15) is 0 Å². The van der Waals surface area contributed by atoms with Gasteiger partial charge in [0.05, 0.1) is 18.3 Å². The van der Waals surface area contributed by atoms with Gasteiger partial charge in [-0.1, -0.05) is 18.2 Å². The van der Waals surface area contributed by atoms with Crippen LogP contribution in [0.1, 0.15) is 21.7 Å². The van der Waals surface area contributed by atoms with Crippen molar-refractivity contribution in [2.24, 2.45) is 0 Å². The number of rotatable bonds is 3. The maximum absolute atomic E-state index is 13.0. The lowest BCUT2D eigenvalue weighted by atomic mass is 10.1. The van der Waals surface area contributed by atoms with Crippen molar-refractivity contribution in [2.45, 2.75) is 13.8 Å². The van der Waals surface area contributed by atoms with E-state index in [2.05, 4.69) is 4.98 Å². The molecule has 4 rings (SSSR count). The summed E-state index contributed by atoms with van der Waals surface area (Å²) in [4.78, 5) is 19.1. The van der Waals surface area contributed by atoms with Crippen LogP contribution in [0.25, 0.3) is 22.0 Å². The molecule has 0 spiro atoms. The topological polar surface area (TPSA) is 55.6 Å². The summed E-state index contributed by atoms with van der Waals surface area (Å²) in [5.74, 6) is 0.625. The normalized spacial score (nSPS) is 11.1. The molecule has 2 heterocycles. The van der Waals surface area contributed by atoms with E-state index in [1.165, 1.54) is 4.90 Å². The standard InChI is InChI=1S/C22H20N2O3/c1-13-5-7-15-11-16-12-20(27-21(16)23-17(15)9-13)22(25)24(3)18-10-14(2)6-8-19(18)26-4/h5-12H,1-4H3. The average molecular weight is 360 g/mol. The van der Waals surface area contributed by atoms with Crippen LogP contribution in [0.5, 0.6) is 5.75 Å². The van der Waals surface area contributed by atoms with Crippen molar-refractivity contribution in [2.75, 3.05) is 19.1 Å². The average Bonchev–Trinajstić information content (AvgIpc) is 3.07. The third-order valence-corrected chi connectivity index (χ3v) is 4.67. The highest BCUT2D eigenvalue weighted by Crippen LogP contribution is 2.31. The van der Waals surface area contributed by atoms with Crippen LogP contribution in [0, 0.1) is 13.8 Å². The zero-order valence-corrected chi connectivity index (χ0v) is 15.7. The molecule has 0 unspecified atom stereocenters. The highest BCUT2D eigenvalue weighted by Gasteiger charge is 2.21. The van der Waals surface area contributed by atoms with Crippen LogP contribution < -0.4 is 9.64 Å². The number of amides is 1. The first kappa shape index (κ1) is 17.1. The third kappa shape index (κ3) is 3.01. The maximum Gasteiger partial charge on any atom is 0.293 e. The Balaban J connectivity index is 1.76. The number of fused-ring (bicyclic) bond motifs is 2. The Bertz CT molecular complexity index is 1180. The van der Waals surface area contributed by atoms with E-state index in [1.807, 2.05) is 56.3 Å². The Labute approximate surface area is 157 Å². The number of pyridine rings is 1. The Morgan fingerprint density at radius 1 is 1.00 bits per heavy atom. The second kappa shape index (κ2) is 6.43. The van der Waals surface area contributed by atoms with Crippen LogP contribution in [0.2, 0.25) is 0 Å². The van der Waals surface area contributed by atoms with Gasteiger partial charge in [0.25, 0.3) is 5.91 Å². The smallest absolute Gasteiger partial charge is 0.293 e. The molecule has 0 bridgehead atoms. The lowest BCUT2D eigenvalue weighted by molar-refractivity contribution is 0.0967. The molecule has 5 heteroatoms. The lowest BCUT2D eigenvalue weighted by Crippen LogP contribution is -2.26. The maximum atomic E-state index is 13.0. The largest absolute Gasteiger partial charge is 0.495 e. The minimum Gasteiger partial charge on any atom is -0.495 e. The van der Waals surface area contributed by atoms with Crippen LogP contribution in [0.3, 0.4) is 0 Å². The molecule has 4 aromatic rings. The summed E-state index contributed by atoms with van der Waals surface area (Å²) >= 11 is 0. The Morgan fingerprint density at radius 2 is 1.74 bits per heavy atom. The number of nitrogens with zero attached hydrogens (tertiary/aromatic N) is 2. The molecule has 0 saturated heterocycles. The van der Waals surface area contributed by atoms with Crippen LogP contribution in [0.4, 0.5) is 5.69 Å². The number of anilines is 1. The molecule has 0 aliphatic heterocycles. The van der Waals surface area contributed by atoms with Gasteiger partial charge in [-0.15, -0.1) is 0 Å². The fourth-order valence-corrected chi connectivity index (χ4v) is 3.18. The van der Waals surface area contributed by atoms with E-state index in [-0.39, 0.29) is 11.7 Å². The van der Waals surface area contributed by atoms with Crippen LogP contribution >= 0.6 is 0 Å². The Hall–Kier alpha value is -3.34. The van der Waals surface area contributed by atoms with Crippen molar-refractivity contribution in [3.8, 4) is 5.75 Å². The molecule has 2 aromatic heterocycles. The molecule has 2 aromatic carbocycles. The number of ether oxygens (including phenoxy) is 1. The van der Waals surface area contributed by atoms with Crippen LogP contribution in [-0.2, 0) is 0 Å². The van der Waals surface area contributed by atoms with E-state index in [0.29, 0.717) is 17.2 Å². The van der Waals surface area contributed by atoms with Crippen molar-refractivity contribution in [1.82, 2.24) is 4.98 Å². The number of hydrogen-bond donors (Lipinski definition) is 0. The summed E-state index contributed by atoms with van der Waals surface area (Å²) in [5.41, 5.74) is 4.17. The molecule has 27 heavy (non-hydrogen) atoms. The van der Waals surface area contributed by atoms with Gasteiger partial charge in [-0.05, 0) is 55.3 Å². The van der Waals surface area contributed by atoms with Crippen molar-refractivity contribution >= 4 is 33.6 Å². The first-order valence-electron chi connectivity index (χ1n) is 8.70. The molecule has 136 valence electrons. The number of carbonyl (C=O) groups is 1. The predicted molar refractivity (Wildman–Crippen MR) is 107 cm³/mol. The van der Waals surface area contributed by atoms with Crippen LogP contribution in [-0.4, -0.2) is 25.0 Å². The second-order valence-corrected chi connectivity index (χ2v) is 6.73. The molecule has 0 aliphatic rings. The number of methoxy groups -OCH3 is 1. The van der Waals surface area contributed by atoms with Crippen molar-refractivity contribution in [3.05, 3.63) is 65.4 Å². The van der Waals surface area contributed by atoms with E-state index in [4.69, 9.17) is 9.15 Å². The number of furan rings is 1. The van der Waals surface area contributed by atoms with Gasteiger partial charge in [0, 0.05) is 17.8 Å². The molecule has 5 nitrogen and oxygen atoms in total. The molecule has 1 amide bonds. The van der Waals surface area contributed by atoms with E-state index in [0.717, 1.165) is 27.4 Å². The number of benzene rings is 2.